The molecule has 5 nitrogen and oxygen atoms in total. The summed E-state index contributed by atoms with van der Waals surface area (Å²) in [4.78, 5) is 24.9. The van der Waals surface area contributed by atoms with Gasteiger partial charge in [-0.3, -0.25) is 9.69 Å². The Kier molecular flexibility index (Phi) is 4.73. The average molecular weight is 286 g/mol. The average Bonchev–Trinajstić information content (AvgIpc) is 2.57. The van der Waals surface area contributed by atoms with Gasteiger partial charge in [-0.25, -0.2) is 4.79 Å². The normalized spacial score (nSPS) is 26.6. The van der Waals surface area contributed by atoms with Crippen LogP contribution in [0.2, 0.25) is 0 Å². The highest BCUT2D eigenvalue weighted by Crippen LogP contribution is 2.19. The number of nitrogens with zero attached hydrogens (tertiary/aromatic N) is 1. The van der Waals surface area contributed by atoms with Gasteiger partial charge in [-0.1, -0.05) is 0 Å². The number of rotatable bonds is 5. The summed E-state index contributed by atoms with van der Waals surface area (Å²) >= 11 is 1.75. The number of thioether (sulfide) groups is 1. The lowest BCUT2D eigenvalue weighted by molar-refractivity contribution is -0.130. The first-order chi connectivity index (χ1) is 9.00. The number of hydrogen-bond acceptors (Lipinski definition) is 4. The van der Waals surface area contributed by atoms with Crippen molar-refractivity contribution in [2.75, 3.05) is 24.7 Å². The summed E-state index contributed by atoms with van der Waals surface area (Å²) in [7, 11) is 0. The van der Waals surface area contributed by atoms with Gasteiger partial charge in [0.1, 0.15) is 5.54 Å². The Labute approximate surface area is 118 Å². The monoisotopic (exact) mass is 286 g/mol. The van der Waals surface area contributed by atoms with Crippen molar-refractivity contribution in [3.05, 3.63) is 0 Å². The van der Waals surface area contributed by atoms with Crippen LogP contribution in [0.3, 0.4) is 0 Å². The van der Waals surface area contributed by atoms with Crippen LogP contribution in [-0.4, -0.2) is 53.1 Å². The number of amides is 3. The predicted molar refractivity (Wildman–Crippen MR) is 75.2 cm³/mol. The van der Waals surface area contributed by atoms with Crippen molar-refractivity contribution in [3.63, 3.8) is 0 Å². The molecule has 0 aromatic heterocycles. The SMILES string of the molecule is CC1(C)NC(=O)N(CCSC[C@@H]2CCCCO2)C1=O. The van der Waals surface area contributed by atoms with Gasteiger partial charge in [0.25, 0.3) is 5.91 Å². The second kappa shape index (κ2) is 6.13. The largest absolute Gasteiger partial charge is 0.377 e. The third-order valence-electron chi connectivity index (χ3n) is 3.48. The van der Waals surface area contributed by atoms with Crippen LogP contribution in [-0.2, 0) is 9.53 Å². The molecular formula is C13H22N2O3S. The van der Waals surface area contributed by atoms with E-state index in [1.54, 1.807) is 25.6 Å². The first-order valence-corrected chi connectivity index (χ1v) is 7.99. The van der Waals surface area contributed by atoms with Gasteiger partial charge in [0.15, 0.2) is 0 Å². The van der Waals surface area contributed by atoms with Crippen LogP contribution in [0.1, 0.15) is 33.1 Å². The molecule has 0 saturated carbocycles. The minimum Gasteiger partial charge on any atom is -0.377 e. The van der Waals surface area contributed by atoms with E-state index in [9.17, 15) is 9.59 Å². The van der Waals surface area contributed by atoms with Crippen LogP contribution in [0.4, 0.5) is 4.79 Å². The summed E-state index contributed by atoms with van der Waals surface area (Å²) in [5.41, 5.74) is -0.756. The van der Waals surface area contributed by atoms with Crippen molar-refractivity contribution >= 4 is 23.7 Å². The fraction of sp³-hybridized carbons (Fsp3) is 0.846. The molecule has 2 rings (SSSR count). The van der Waals surface area contributed by atoms with E-state index in [0.29, 0.717) is 12.6 Å². The Hall–Kier alpha value is -0.750. The highest BCUT2D eigenvalue weighted by molar-refractivity contribution is 7.99. The summed E-state index contributed by atoms with van der Waals surface area (Å²) in [5, 5.41) is 2.69. The van der Waals surface area contributed by atoms with Crippen LogP contribution in [0.15, 0.2) is 0 Å². The van der Waals surface area contributed by atoms with Gasteiger partial charge in [-0.2, -0.15) is 11.8 Å². The van der Waals surface area contributed by atoms with Gasteiger partial charge in [-0.05, 0) is 33.1 Å². The maximum absolute atomic E-state index is 11.9. The summed E-state index contributed by atoms with van der Waals surface area (Å²) in [6, 6.07) is -0.274. The van der Waals surface area contributed by atoms with Gasteiger partial charge >= 0.3 is 6.03 Å². The van der Waals surface area contributed by atoms with Gasteiger partial charge in [-0.15, -0.1) is 0 Å². The van der Waals surface area contributed by atoms with E-state index in [-0.39, 0.29) is 11.9 Å². The van der Waals surface area contributed by atoms with E-state index in [1.165, 1.54) is 17.7 Å². The summed E-state index contributed by atoms with van der Waals surface area (Å²) in [5.74, 6) is 1.59. The molecule has 1 atom stereocenters. The van der Waals surface area contributed by atoms with E-state index < -0.39 is 5.54 Å². The van der Waals surface area contributed by atoms with E-state index in [0.717, 1.165) is 24.5 Å². The van der Waals surface area contributed by atoms with E-state index in [1.807, 2.05) is 0 Å². The van der Waals surface area contributed by atoms with Crippen molar-refractivity contribution in [1.29, 1.82) is 0 Å². The molecule has 3 amide bonds. The number of hydrogen-bond donors (Lipinski definition) is 1. The topological polar surface area (TPSA) is 58.6 Å². The van der Waals surface area contributed by atoms with Crippen LogP contribution < -0.4 is 5.32 Å². The summed E-state index contributed by atoms with van der Waals surface area (Å²) in [6.45, 7) is 4.81. The molecule has 1 N–H and O–H groups in total. The number of ether oxygens (including phenoxy) is 1. The Bertz CT molecular complexity index is 354. The van der Waals surface area contributed by atoms with Crippen LogP contribution in [0.25, 0.3) is 0 Å². The highest BCUT2D eigenvalue weighted by atomic mass is 32.2. The second-order valence-electron chi connectivity index (χ2n) is 5.58. The predicted octanol–water partition coefficient (Wildman–Crippen LogP) is 1.62. The molecule has 0 aromatic rings. The standard InChI is InChI=1S/C13H22N2O3S/c1-13(2)11(16)15(12(17)14-13)6-8-19-9-10-5-3-4-7-18-10/h10H,3-9H2,1-2H3,(H,14,17)/t10-/m0/s1. The minimum atomic E-state index is -0.756. The van der Waals surface area contributed by atoms with E-state index in [4.69, 9.17) is 4.74 Å². The van der Waals surface area contributed by atoms with Crippen molar-refractivity contribution in [2.45, 2.75) is 44.8 Å². The molecule has 0 spiro atoms. The molecule has 108 valence electrons. The van der Waals surface area contributed by atoms with Crippen LogP contribution in [0, 0.1) is 0 Å². The molecule has 0 unspecified atom stereocenters. The van der Waals surface area contributed by atoms with Crippen LogP contribution >= 0.6 is 11.8 Å². The summed E-state index contributed by atoms with van der Waals surface area (Å²) in [6.07, 6.45) is 3.88. The fourth-order valence-electron chi connectivity index (χ4n) is 2.33. The molecule has 6 heteroatoms. The third kappa shape index (κ3) is 3.63. The molecule has 2 saturated heterocycles. The maximum atomic E-state index is 11.9. The second-order valence-corrected chi connectivity index (χ2v) is 6.73. The Morgan fingerprint density at radius 3 is 2.79 bits per heavy atom. The fourth-order valence-corrected chi connectivity index (χ4v) is 3.33. The van der Waals surface area contributed by atoms with Gasteiger partial charge in [0.2, 0.25) is 0 Å². The van der Waals surface area contributed by atoms with Crippen LogP contribution in [0.5, 0.6) is 0 Å². The molecule has 0 aliphatic carbocycles. The molecule has 2 fully saturated rings. The van der Waals surface area contributed by atoms with E-state index in [2.05, 4.69) is 5.32 Å². The number of carbonyl (C=O) groups excluding carboxylic acids is 2. The van der Waals surface area contributed by atoms with Gasteiger partial charge in [0, 0.05) is 24.7 Å². The summed E-state index contributed by atoms with van der Waals surface area (Å²) < 4.78 is 5.64. The van der Waals surface area contributed by atoms with Gasteiger partial charge < -0.3 is 10.1 Å². The maximum Gasteiger partial charge on any atom is 0.325 e. The molecule has 2 aliphatic rings. The lowest BCUT2D eigenvalue weighted by Gasteiger charge is -2.22. The quantitative estimate of drug-likeness (QED) is 0.616. The molecule has 0 bridgehead atoms. The number of imide groups is 1. The van der Waals surface area contributed by atoms with E-state index >= 15 is 0 Å². The first-order valence-electron chi connectivity index (χ1n) is 6.84. The number of urea groups is 1. The number of carbonyl (C=O) groups is 2. The van der Waals surface area contributed by atoms with Crippen molar-refractivity contribution in [1.82, 2.24) is 10.2 Å². The Morgan fingerprint density at radius 1 is 1.42 bits per heavy atom. The molecule has 2 aliphatic heterocycles. The number of nitrogens with one attached hydrogen (secondary N) is 1. The van der Waals surface area contributed by atoms with Crippen molar-refractivity contribution in [2.24, 2.45) is 0 Å². The van der Waals surface area contributed by atoms with Gasteiger partial charge in [0.05, 0.1) is 6.10 Å². The molecule has 19 heavy (non-hydrogen) atoms. The Morgan fingerprint density at radius 2 is 2.21 bits per heavy atom. The Balaban J connectivity index is 1.68. The first kappa shape index (κ1) is 14.7. The van der Waals surface area contributed by atoms with Crippen molar-refractivity contribution < 1.29 is 14.3 Å². The molecule has 0 aromatic carbocycles. The zero-order chi connectivity index (χ0) is 13.9. The lowest BCUT2D eigenvalue weighted by Crippen LogP contribution is -2.40. The highest BCUT2D eigenvalue weighted by Gasteiger charge is 2.43. The zero-order valence-electron chi connectivity index (χ0n) is 11.6. The minimum absolute atomic E-state index is 0.132. The lowest BCUT2D eigenvalue weighted by atomic mass is 10.1. The van der Waals surface area contributed by atoms with Crippen molar-refractivity contribution in [3.8, 4) is 0 Å². The molecule has 2 heterocycles. The zero-order valence-corrected chi connectivity index (χ0v) is 12.4. The molecular weight excluding hydrogens is 264 g/mol. The third-order valence-corrected chi connectivity index (χ3v) is 4.56. The smallest absolute Gasteiger partial charge is 0.325 e. The molecule has 0 radical (unpaired) electrons.